The Bertz CT molecular complexity index is 1210. The molecule has 12 heteroatoms. The molecule has 2 aromatic heterocycles. The number of ether oxygens (including phenoxy) is 1. The van der Waals surface area contributed by atoms with E-state index in [-0.39, 0.29) is 17.7 Å². The van der Waals surface area contributed by atoms with E-state index in [1.807, 2.05) is 9.58 Å². The van der Waals surface area contributed by atoms with E-state index >= 15 is 0 Å². The highest BCUT2D eigenvalue weighted by molar-refractivity contribution is 6.07. The monoisotopic (exact) mass is 478 g/mol. The number of nitrogens with zero attached hydrogens (tertiary/aromatic N) is 5. The molecule has 0 radical (unpaired) electrons. The molecule has 8 nitrogen and oxygen atoms in total. The summed E-state index contributed by atoms with van der Waals surface area (Å²) in [4.78, 5) is 14.9. The fourth-order valence-corrected chi connectivity index (χ4v) is 4.09. The molecule has 1 aliphatic heterocycles. The predicted octanol–water partition coefficient (Wildman–Crippen LogP) is 4.02. The van der Waals surface area contributed by atoms with Crippen LogP contribution in [-0.4, -0.2) is 44.7 Å². The number of nitrogens with one attached hydrogen (secondary N) is 1. The zero-order valence-corrected chi connectivity index (χ0v) is 18.2. The summed E-state index contributed by atoms with van der Waals surface area (Å²) in [5.41, 5.74) is -0.165. The molecule has 2 fully saturated rings. The van der Waals surface area contributed by atoms with Crippen LogP contribution in [0.25, 0.3) is 0 Å². The van der Waals surface area contributed by atoms with E-state index in [1.54, 1.807) is 17.9 Å². The van der Waals surface area contributed by atoms with E-state index in [1.165, 1.54) is 12.4 Å². The Balaban J connectivity index is 1.32. The van der Waals surface area contributed by atoms with Gasteiger partial charge in [-0.15, -0.1) is 0 Å². The molecule has 0 bridgehead atoms. The lowest BCUT2D eigenvalue weighted by atomic mass is 9.93. The van der Waals surface area contributed by atoms with Crippen LogP contribution in [0.4, 0.5) is 29.1 Å². The minimum Gasteiger partial charge on any atom is -0.487 e. The average molecular weight is 478 g/mol. The van der Waals surface area contributed by atoms with Crippen LogP contribution in [0.2, 0.25) is 0 Å². The Morgan fingerprint density at radius 2 is 1.91 bits per heavy atom. The van der Waals surface area contributed by atoms with Gasteiger partial charge in [-0.3, -0.25) is 9.48 Å². The van der Waals surface area contributed by atoms with Crippen LogP contribution in [0.15, 0.2) is 36.8 Å². The Kier molecular flexibility index (Phi) is 5.45. The Hall–Kier alpha value is -3.57. The van der Waals surface area contributed by atoms with Crippen molar-refractivity contribution in [2.45, 2.75) is 37.6 Å². The summed E-state index contributed by atoms with van der Waals surface area (Å²) in [5, 5.41) is 11.3. The van der Waals surface area contributed by atoms with Crippen LogP contribution in [-0.2, 0) is 13.2 Å². The van der Waals surface area contributed by atoms with Gasteiger partial charge in [0.15, 0.2) is 0 Å². The van der Waals surface area contributed by atoms with Gasteiger partial charge in [0, 0.05) is 19.3 Å². The molecule has 0 unspecified atom stereocenters. The highest BCUT2D eigenvalue weighted by Crippen LogP contribution is 2.38. The summed E-state index contributed by atoms with van der Waals surface area (Å²) >= 11 is 0. The summed E-state index contributed by atoms with van der Waals surface area (Å²) in [6, 6.07) is 2.34. The molecular formula is C22H22F4N6O2. The first-order valence-electron chi connectivity index (χ1n) is 10.8. The summed E-state index contributed by atoms with van der Waals surface area (Å²) in [6.45, 7) is 0.646. The van der Waals surface area contributed by atoms with Gasteiger partial charge in [-0.25, -0.2) is 9.07 Å². The second-order valence-electron chi connectivity index (χ2n) is 8.59. The van der Waals surface area contributed by atoms with Crippen LogP contribution in [0.5, 0.6) is 5.75 Å². The second kappa shape index (κ2) is 8.33. The van der Waals surface area contributed by atoms with Crippen LogP contribution >= 0.6 is 0 Å². The molecule has 1 amide bonds. The molecule has 3 aromatic rings. The molecule has 1 aromatic carbocycles. The van der Waals surface area contributed by atoms with E-state index in [2.05, 4.69) is 15.5 Å². The molecule has 34 heavy (non-hydrogen) atoms. The zero-order chi connectivity index (χ0) is 24.0. The first kappa shape index (κ1) is 22.2. The summed E-state index contributed by atoms with van der Waals surface area (Å²) < 4.78 is 61.7. The molecule has 3 heterocycles. The fraction of sp³-hybridized carbons (Fsp3) is 0.409. The predicted molar refractivity (Wildman–Crippen MR) is 114 cm³/mol. The summed E-state index contributed by atoms with van der Waals surface area (Å²) in [7, 11) is 1.74. The molecule has 1 saturated carbocycles. The minimum atomic E-state index is -4.67. The third kappa shape index (κ3) is 4.31. The number of aromatic nitrogens is 4. The average Bonchev–Trinajstić information content (AvgIpc) is 3.28. The Morgan fingerprint density at radius 1 is 1.15 bits per heavy atom. The molecule has 1 saturated heterocycles. The van der Waals surface area contributed by atoms with Crippen molar-refractivity contribution >= 4 is 17.4 Å². The maximum atomic E-state index is 13.7. The normalized spacial score (nSPS) is 16.8. The smallest absolute Gasteiger partial charge is 0.416 e. The number of anilines is 2. The quantitative estimate of drug-likeness (QED) is 0.542. The third-order valence-corrected chi connectivity index (χ3v) is 6.05. The van der Waals surface area contributed by atoms with Crippen molar-refractivity contribution in [3.63, 3.8) is 0 Å². The number of amides is 1. The maximum absolute atomic E-state index is 13.7. The molecule has 1 N–H and O–H groups in total. The van der Waals surface area contributed by atoms with Crippen LogP contribution in [0, 0.1) is 5.82 Å². The van der Waals surface area contributed by atoms with Gasteiger partial charge in [0.05, 0.1) is 42.8 Å². The Morgan fingerprint density at radius 3 is 2.53 bits per heavy atom. The molecular weight excluding hydrogens is 456 g/mol. The molecule has 5 rings (SSSR count). The van der Waals surface area contributed by atoms with Crippen LogP contribution in [0.3, 0.4) is 0 Å². The first-order valence-corrected chi connectivity index (χ1v) is 10.8. The van der Waals surface area contributed by atoms with Gasteiger partial charge >= 0.3 is 6.18 Å². The molecule has 180 valence electrons. The molecule has 0 atom stereocenters. The number of benzene rings is 1. The first-order chi connectivity index (χ1) is 16.2. The van der Waals surface area contributed by atoms with Gasteiger partial charge in [-0.1, -0.05) is 0 Å². The lowest BCUT2D eigenvalue weighted by Gasteiger charge is -2.42. The zero-order valence-electron chi connectivity index (χ0n) is 18.2. The van der Waals surface area contributed by atoms with Crippen molar-refractivity contribution in [3.8, 4) is 5.75 Å². The van der Waals surface area contributed by atoms with E-state index < -0.39 is 23.7 Å². The lowest BCUT2D eigenvalue weighted by Crippen LogP contribution is -2.55. The summed E-state index contributed by atoms with van der Waals surface area (Å²) in [5.74, 6) is -0.892. The van der Waals surface area contributed by atoms with Gasteiger partial charge < -0.3 is 15.0 Å². The van der Waals surface area contributed by atoms with Gasteiger partial charge in [-0.2, -0.15) is 23.4 Å². The van der Waals surface area contributed by atoms with Crippen molar-refractivity contribution in [1.82, 2.24) is 19.6 Å². The SMILES string of the molecule is Cn1cc(NC(=O)c2cnn(C3CCC3)c2N2CC(Oc3cc(F)cc(C(F)(F)F)c3)C2)cn1. The number of carbonyl (C=O) groups is 1. The number of aryl methyl sites for hydroxylation is 1. The van der Waals surface area contributed by atoms with Crippen LogP contribution < -0.4 is 15.0 Å². The standard InChI is InChI=1S/C22H22F4N6O2/c1-30-10-15(8-27-30)29-20(33)19-9-28-32(16-3-2-4-16)21(19)31-11-18(12-31)34-17-6-13(22(24,25)26)5-14(23)7-17/h5-10,16,18H,2-4,11-12H2,1H3,(H,29,33). The molecule has 0 spiro atoms. The number of carbonyl (C=O) groups excluding carboxylic acids is 1. The van der Waals surface area contributed by atoms with Crippen molar-refractivity contribution in [1.29, 1.82) is 0 Å². The fourth-order valence-electron chi connectivity index (χ4n) is 4.09. The van der Waals surface area contributed by atoms with Crippen LogP contribution in [0.1, 0.15) is 41.2 Å². The topological polar surface area (TPSA) is 77.2 Å². The van der Waals surface area contributed by atoms with Gasteiger partial charge in [0.2, 0.25) is 0 Å². The van der Waals surface area contributed by atoms with Crippen molar-refractivity contribution in [2.75, 3.05) is 23.3 Å². The highest BCUT2D eigenvalue weighted by atomic mass is 19.4. The third-order valence-electron chi connectivity index (χ3n) is 6.05. The highest BCUT2D eigenvalue weighted by Gasteiger charge is 2.37. The van der Waals surface area contributed by atoms with Gasteiger partial charge in [0.25, 0.3) is 5.91 Å². The Labute approximate surface area is 192 Å². The maximum Gasteiger partial charge on any atom is 0.416 e. The molecule has 2 aliphatic rings. The van der Waals surface area contributed by atoms with Gasteiger partial charge in [-0.05, 0) is 31.4 Å². The number of hydrogen-bond acceptors (Lipinski definition) is 5. The van der Waals surface area contributed by atoms with Crippen molar-refractivity contribution in [2.24, 2.45) is 7.05 Å². The van der Waals surface area contributed by atoms with Gasteiger partial charge in [0.1, 0.15) is 29.1 Å². The number of rotatable bonds is 6. The second-order valence-corrected chi connectivity index (χ2v) is 8.59. The lowest BCUT2D eigenvalue weighted by molar-refractivity contribution is -0.137. The molecule has 1 aliphatic carbocycles. The van der Waals surface area contributed by atoms with E-state index in [0.717, 1.165) is 31.4 Å². The summed E-state index contributed by atoms with van der Waals surface area (Å²) in [6.07, 6.45) is 2.60. The largest absolute Gasteiger partial charge is 0.487 e. The minimum absolute atomic E-state index is 0.181. The van der Waals surface area contributed by atoms with E-state index in [4.69, 9.17) is 4.74 Å². The number of alkyl halides is 3. The number of hydrogen-bond donors (Lipinski definition) is 1. The van der Waals surface area contributed by atoms with E-state index in [9.17, 15) is 22.4 Å². The van der Waals surface area contributed by atoms with E-state index in [0.29, 0.717) is 36.2 Å². The van der Waals surface area contributed by atoms with Crippen molar-refractivity contribution < 1.29 is 27.1 Å². The van der Waals surface area contributed by atoms with Crippen molar-refractivity contribution in [3.05, 3.63) is 53.7 Å². The number of halogens is 4.